The number of anilines is 6. The van der Waals surface area contributed by atoms with Crippen molar-refractivity contribution >= 4 is 66.0 Å². The number of nitrogens with zero attached hydrogens (tertiary/aromatic N) is 2. The summed E-state index contributed by atoms with van der Waals surface area (Å²) in [4.78, 5) is 5.09. The molecule has 2 saturated carbocycles. The first-order chi connectivity index (χ1) is 29.2. The summed E-state index contributed by atoms with van der Waals surface area (Å²) in [6.07, 6.45) is 4.88. The molecule has 4 heteroatoms. The Balaban J connectivity index is 1.27. The standard InChI is InChI=1S/C58H64Br2N2/c1-35-31-57-33-36(2)34-58(57,32-35)52-30-48(62(46-19-15-44(60)16-20-46)54-39(5)27-42(28-40(54)6)56(10,11)12)22-24-50(52)49-23-21-47(29-51(49)57)61(45-17-13-43(59)14-18-45)53-37(3)25-41(26-38(53)4)55(7,8)9/h13-30,35-36H,31-34H2,1-12H3/t35-,36-,57-,58+. The number of fused-ring (bicyclic) bond motifs is 3. The Labute approximate surface area is 389 Å². The van der Waals surface area contributed by atoms with Crippen molar-refractivity contribution in [3.05, 3.63) is 163 Å². The van der Waals surface area contributed by atoms with Gasteiger partial charge in [-0.2, -0.15) is 0 Å². The number of aryl methyl sites for hydroxylation is 4. The minimum absolute atomic E-state index is 0.0526. The lowest BCUT2D eigenvalue weighted by molar-refractivity contribution is 0.299. The van der Waals surface area contributed by atoms with Crippen molar-refractivity contribution in [2.24, 2.45) is 11.8 Å². The molecule has 0 radical (unpaired) electrons. The molecule has 9 rings (SSSR count). The van der Waals surface area contributed by atoms with Gasteiger partial charge in [-0.25, -0.2) is 0 Å². The highest BCUT2D eigenvalue weighted by molar-refractivity contribution is 9.10. The summed E-state index contributed by atoms with van der Waals surface area (Å²) in [5, 5.41) is 0. The predicted molar refractivity (Wildman–Crippen MR) is 273 cm³/mol. The molecule has 0 atom stereocenters. The van der Waals surface area contributed by atoms with Crippen molar-refractivity contribution < 1.29 is 0 Å². The smallest absolute Gasteiger partial charge is 0.0520 e. The second kappa shape index (κ2) is 15.3. The van der Waals surface area contributed by atoms with E-state index in [0.717, 1.165) is 8.95 Å². The molecule has 6 aromatic rings. The Bertz CT molecular complexity index is 2460. The van der Waals surface area contributed by atoms with Crippen molar-refractivity contribution in [2.75, 3.05) is 9.80 Å². The van der Waals surface area contributed by atoms with Gasteiger partial charge >= 0.3 is 0 Å². The molecule has 0 heterocycles. The lowest BCUT2D eigenvalue weighted by atomic mass is 9.55. The molecule has 2 fully saturated rings. The minimum atomic E-state index is 0.0526. The van der Waals surface area contributed by atoms with Gasteiger partial charge in [0, 0.05) is 42.5 Å². The summed E-state index contributed by atoms with van der Waals surface area (Å²) in [6, 6.07) is 42.5. The fourth-order valence-electron chi connectivity index (χ4n) is 12.5. The maximum atomic E-state index is 3.74. The average Bonchev–Trinajstić information content (AvgIpc) is 3.65. The maximum Gasteiger partial charge on any atom is 0.0520 e. The summed E-state index contributed by atoms with van der Waals surface area (Å²) in [5.41, 5.74) is 21.6. The SMILES string of the molecule is Cc1cc(C(C)(C)C)cc(C)c1N(c1ccc(Br)cc1)c1ccc2c(c1)[C@]13C[C@@H](C)C[C@]1(C[C@H](C)C3)c1cc(N(c3ccc(Br)cc3)c3c(C)cc(C(C)(C)C)cc3C)ccc1-2. The fraction of sp³-hybridized carbons (Fsp3) is 0.379. The monoisotopic (exact) mass is 946 g/mol. The quantitative estimate of drug-likeness (QED) is 0.164. The topological polar surface area (TPSA) is 6.48 Å². The highest BCUT2D eigenvalue weighted by Crippen LogP contribution is 2.72. The van der Waals surface area contributed by atoms with Crippen LogP contribution in [0.15, 0.2) is 118 Å². The molecule has 0 aliphatic heterocycles. The van der Waals surface area contributed by atoms with Crippen LogP contribution < -0.4 is 9.80 Å². The van der Waals surface area contributed by atoms with E-state index in [9.17, 15) is 0 Å². The van der Waals surface area contributed by atoms with E-state index >= 15 is 0 Å². The summed E-state index contributed by atoms with van der Waals surface area (Å²) in [7, 11) is 0. The van der Waals surface area contributed by atoms with Crippen LogP contribution >= 0.6 is 31.9 Å². The van der Waals surface area contributed by atoms with Crippen molar-refractivity contribution in [3.8, 4) is 11.1 Å². The maximum absolute atomic E-state index is 3.74. The zero-order valence-electron chi connectivity index (χ0n) is 39.0. The lowest BCUT2D eigenvalue weighted by Gasteiger charge is -2.48. The molecule has 2 nitrogen and oxygen atoms in total. The molecule has 0 aromatic heterocycles. The Morgan fingerprint density at radius 3 is 1.02 bits per heavy atom. The van der Waals surface area contributed by atoms with Crippen molar-refractivity contribution in [1.82, 2.24) is 0 Å². The van der Waals surface area contributed by atoms with E-state index in [2.05, 4.69) is 234 Å². The third-order valence-corrected chi connectivity index (χ3v) is 15.9. The van der Waals surface area contributed by atoms with Gasteiger partial charge in [0.25, 0.3) is 0 Å². The summed E-state index contributed by atoms with van der Waals surface area (Å²) < 4.78 is 2.18. The molecule has 0 bridgehead atoms. The van der Waals surface area contributed by atoms with Crippen LogP contribution in [0.3, 0.4) is 0 Å². The van der Waals surface area contributed by atoms with Crippen molar-refractivity contribution in [3.63, 3.8) is 0 Å². The van der Waals surface area contributed by atoms with E-state index in [0.29, 0.717) is 11.8 Å². The van der Waals surface area contributed by atoms with Gasteiger partial charge in [0.1, 0.15) is 0 Å². The number of hydrogen-bond acceptors (Lipinski definition) is 2. The van der Waals surface area contributed by atoms with Crippen LogP contribution in [0.1, 0.15) is 126 Å². The van der Waals surface area contributed by atoms with Gasteiger partial charge in [-0.05, 0) is 204 Å². The van der Waals surface area contributed by atoms with Gasteiger partial charge in [0.05, 0.1) is 11.4 Å². The number of benzene rings is 6. The van der Waals surface area contributed by atoms with E-state index in [1.807, 2.05) is 0 Å². The first kappa shape index (κ1) is 43.1. The first-order valence-electron chi connectivity index (χ1n) is 22.8. The van der Waals surface area contributed by atoms with Crippen LogP contribution in [-0.2, 0) is 21.7 Å². The summed E-state index contributed by atoms with van der Waals surface area (Å²) >= 11 is 7.48. The van der Waals surface area contributed by atoms with Gasteiger partial charge in [-0.3, -0.25) is 0 Å². The molecule has 0 amide bonds. The molecule has 0 saturated heterocycles. The van der Waals surface area contributed by atoms with Gasteiger partial charge in [0.15, 0.2) is 0 Å². The van der Waals surface area contributed by atoms with Crippen LogP contribution in [0.5, 0.6) is 0 Å². The Kier molecular flexibility index (Phi) is 10.6. The summed E-state index contributed by atoms with van der Waals surface area (Å²) in [5.74, 6) is 1.25. The van der Waals surface area contributed by atoms with Crippen molar-refractivity contribution in [2.45, 2.75) is 130 Å². The van der Waals surface area contributed by atoms with Crippen LogP contribution in [0.2, 0.25) is 0 Å². The van der Waals surface area contributed by atoms with Crippen LogP contribution in [-0.4, -0.2) is 0 Å². The van der Waals surface area contributed by atoms with E-state index in [1.165, 1.54) is 104 Å². The molecule has 0 N–H and O–H groups in total. The Morgan fingerprint density at radius 2 is 0.726 bits per heavy atom. The molecule has 6 aromatic carbocycles. The molecule has 0 spiro atoms. The van der Waals surface area contributed by atoms with E-state index in [1.54, 1.807) is 11.1 Å². The minimum Gasteiger partial charge on any atom is -0.310 e. The number of halogens is 2. The van der Waals surface area contributed by atoms with Gasteiger partial charge in [0.2, 0.25) is 0 Å². The molecule has 62 heavy (non-hydrogen) atoms. The molecule has 3 aliphatic carbocycles. The van der Waals surface area contributed by atoms with Crippen LogP contribution in [0.25, 0.3) is 11.1 Å². The zero-order valence-corrected chi connectivity index (χ0v) is 42.2. The molecule has 320 valence electrons. The second-order valence-corrected chi connectivity index (χ2v) is 23.5. The van der Waals surface area contributed by atoms with E-state index < -0.39 is 0 Å². The predicted octanol–water partition coefficient (Wildman–Crippen LogP) is 18.0. The molecule has 3 aliphatic rings. The Morgan fingerprint density at radius 1 is 0.435 bits per heavy atom. The normalized spacial score (nSPS) is 21.6. The van der Waals surface area contributed by atoms with Crippen LogP contribution in [0.4, 0.5) is 34.1 Å². The first-order valence-corrected chi connectivity index (χ1v) is 24.4. The molecule has 0 unspecified atom stereocenters. The third kappa shape index (κ3) is 7.02. The van der Waals surface area contributed by atoms with E-state index in [4.69, 9.17) is 0 Å². The summed E-state index contributed by atoms with van der Waals surface area (Å²) in [6.45, 7) is 28.2. The van der Waals surface area contributed by atoms with Crippen molar-refractivity contribution in [1.29, 1.82) is 0 Å². The lowest BCUT2D eigenvalue weighted by Crippen LogP contribution is -2.43. The van der Waals surface area contributed by atoms with Gasteiger partial charge < -0.3 is 9.80 Å². The highest BCUT2D eigenvalue weighted by atomic mass is 79.9. The largest absolute Gasteiger partial charge is 0.310 e. The Hall–Kier alpha value is -4.12. The highest BCUT2D eigenvalue weighted by Gasteiger charge is 2.65. The zero-order chi connectivity index (χ0) is 44.3. The van der Waals surface area contributed by atoms with Crippen LogP contribution in [0, 0.1) is 39.5 Å². The fourth-order valence-corrected chi connectivity index (χ4v) is 13.0. The third-order valence-electron chi connectivity index (χ3n) is 14.9. The molecular weight excluding hydrogens is 884 g/mol. The average molecular weight is 949 g/mol. The number of hydrogen-bond donors (Lipinski definition) is 0. The number of rotatable bonds is 6. The van der Waals surface area contributed by atoms with E-state index in [-0.39, 0.29) is 21.7 Å². The van der Waals surface area contributed by atoms with Gasteiger partial charge in [-0.15, -0.1) is 0 Å². The second-order valence-electron chi connectivity index (χ2n) is 21.7. The molecular formula is C58H64Br2N2. The van der Waals surface area contributed by atoms with Gasteiger partial charge in [-0.1, -0.05) is 124 Å².